The summed E-state index contributed by atoms with van der Waals surface area (Å²) in [6, 6.07) is 6.14. The zero-order chi connectivity index (χ0) is 18.8. The summed E-state index contributed by atoms with van der Waals surface area (Å²) in [6.07, 6.45) is 0.515. The molecule has 1 aliphatic rings. The molecule has 2 heterocycles. The molecule has 0 radical (unpaired) electrons. The van der Waals surface area contributed by atoms with Crippen molar-refractivity contribution in [3.8, 4) is 0 Å². The number of benzene rings is 1. The summed E-state index contributed by atoms with van der Waals surface area (Å²) in [4.78, 5) is 26.2. The lowest BCUT2D eigenvalue weighted by molar-refractivity contribution is -0.118. The van der Waals surface area contributed by atoms with E-state index >= 15 is 0 Å². The van der Waals surface area contributed by atoms with Crippen LogP contribution in [-0.2, 0) is 24.2 Å². The number of hydrogen-bond acceptors (Lipinski definition) is 3. The number of amides is 1. The second-order valence-electron chi connectivity index (χ2n) is 7.31. The average Bonchev–Trinajstić information content (AvgIpc) is 2.92. The highest BCUT2D eigenvalue weighted by atomic mass is 19.1. The number of anilines is 1. The normalized spacial score (nSPS) is 16.8. The van der Waals surface area contributed by atoms with Gasteiger partial charge in [0.05, 0.1) is 12.1 Å². The van der Waals surface area contributed by atoms with Gasteiger partial charge >= 0.3 is 0 Å². The number of para-hydroxylation sites is 1. The molecule has 1 aromatic carbocycles. The van der Waals surface area contributed by atoms with E-state index in [-0.39, 0.29) is 42.6 Å². The lowest BCUT2D eigenvalue weighted by Gasteiger charge is -2.34. The number of H-pyrrole nitrogens is 1. The predicted octanol–water partition coefficient (Wildman–Crippen LogP) is 1.71. The van der Waals surface area contributed by atoms with Gasteiger partial charge < -0.3 is 10.0 Å². The molecule has 1 aromatic heterocycles. The molecule has 2 N–H and O–H groups in total. The van der Waals surface area contributed by atoms with Crippen molar-refractivity contribution >= 4 is 11.6 Å². The van der Waals surface area contributed by atoms with Gasteiger partial charge in [-0.15, -0.1) is 0 Å². The van der Waals surface area contributed by atoms with Crippen molar-refractivity contribution in [2.75, 3.05) is 18.1 Å². The van der Waals surface area contributed by atoms with E-state index in [0.29, 0.717) is 24.6 Å². The van der Waals surface area contributed by atoms with Gasteiger partial charge in [0.25, 0.3) is 5.56 Å². The number of aliphatic hydroxyl groups excluding tert-OH is 1. The van der Waals surface area contributed by atoms with Crippen LogP contribution in [0.2, 0.25) is 0 Å². The quantitative estimate of drug-likeness (QED) is 0.851. The summed E-state index contributed by atoms with van der Waals surface area (Å²) in [6.45, 7) is 4.74. The van der Waals surface area contributed by atoms with Crippen LogP contribution in [0, 0.1) is 17.7 Å². The van der Waals surface area contributed by atoms with E-state index in [4.69, 9.17) is 0 Å². The highest BCUT2D eigenvalue weighted by Crippen LogP contribution is 2.32. The summed E-state index contributed by atoms with van der Waals surface area (Å²) in [5.41, 5.74) is 1.32. The van der Waals surface area contributed by atoms with Crippen LogP contribution in [0.5, 0.6) is 0 Å². The fourth-order valence-corrected chi connectivity index (χ4v) is 3.44. The first-order valence-corrected chi connectivity index (χ1v) is 8.86. The minimum atomic E-state index is -0.446. The highest BCUT2D eigenvalue weighted by molar-refractivity contribution is 5.96. The monoisotopic (exact) mass is 361 g/mol. The molecule has 1 unspecified atom stereocenters. The zero-order valence-corrected chi connectivity index (χ0v) is 15.0. The molecule has 0 spiro atoms. The van der Waals surface area contributed by atoms with Crippen LogP contribution >= 0.6 is 0 Å². The number of carbonyl (C=O) groups is 1. The molecule has 0 saturated carbocycles. The van der Waals surface area contributed by atoms with Gasteiger partial charge in [0.15, 0.2) is 0 Å². The summed E-state index contributed by atoms with van der Waals surface area (Å²) >= 11 is 0. The Morgan fingerprint density at radius 1 is 1.42 bits per heavy atom. The van der Waals surface area contributed by atoms with E-state index in [1.165, 1.54) is 21.7 Å². The van der Waals surface area contributed by atoms with Gasteiger partial charge in [0.1, 0.15) is 5.82 Å². The van der Waals surface area contributed by atoms with E-state index in [1.54, 1.807) is 12.1 Å². The Balaban J connectivity index is 1.85. The third-order valence-corrected chi connectivity index (χ3v) is 4.58. The van der Waals surface area contributed by atoms with Crippen molar-refractivity contribution in [1.29, 1.82) is 0 Å². The van der Waals surface area contributed by atoms with Gasteiger partial charge in [-0.2, -0.15) is 0 Å². The number of nitrogens with one attached hydrogen (secondary N) is 1. The number of aromatic nitrogens is 2. The predicted molar refractivity (Wildman–Crippen MR) is 96.6 cm³/mol. The molecule has 7 heteroatoms. The van der Waals surface area contributed by atoms with E-state index in [0.717, 1.165) is 5.56 Å². The molecular formula is C19H24FN3O3. The van der Waals surface area contributed by atoms with Crippen molar-refractivity contribution < 1.29 is 14.3 Å². The molecule has 1 atom stereocenters. The first kappa shape index (κ1) is 18.4. The van der Waals surface area contributed by atoms with Crippen molar-refractivity contribution in [2.45, 2.75) is 33.2 Å². The Morgan fingerprint density at radius 3 is 2.88 bits per heavy atom. The molecule has 6 nitrogen and oxygen atoms in total. The van der Waals surface area contributed by atoms with Crippen LogP contribution in [-0.4, -0.2) is 33.9 Å². The Bertz CT molecular complexity index is 856. The molecule has 0 fully saturated rings. The van der Waals surface area contributed by atoms with Crippen LogP contribution in [0.25, 0.3) is 0 Å². The van der Waals surface area contributed by atoms with Gasteiger partial charge in [-0.25, -0.2) is 4.39 Å². The van der Waals surface area contributed by atoms with E-state index in [9.17, 15) is 19.1 Å². The molecule has 0 aliphatic carbocycles. The minimum Gasteiger partial charge on any atom is -0.396 e. The Hall–Kier alpha value is -2.41. The summed E-state index contributed by atoms with van der Waals surface area (Å²) in [5, 5.41) is 12.5. The summed E-state index contributed by atoms with van der Waals surface area (Å²) in [5.74, 6) is -0.577. The Morgan fingerprint density at radius 2 is 2.19 bits per heavy atom. The van der Waals surface area contributed by atoms with Crippen LogP contribution in [0.1, 0.15) is 25.1 Å². The molecule has 0 bridgehead atoms. The fraction of sp³-hybridized carbons (Fsp3) is 0.474. The number of hydrogen-bond donors (Lipinski definition) is 2. The second-order valence-corrected chi connectivity index (χ2v) is 7.31. The molecular weight excluding hydrogens is 337 g/mol. The van der Waals surface area contributed by atoms with E-state index < -0.39 is 5.82 Å². The van der Waals surface area contributed by atoms with Gasteiger partial charge in [0.2, 0.25) is 5.91 Å². The summed E-state index contributed by atoms with van der Waals surface area (Å²) in [7, 11) is 0. The number of aliphatic hydroxyl groups is 1. The first-order chi connectivity index (χ1) is 12.4. The summed E-state index contributed by atoms with van der Waals surface area (Å²) < 4.78 is 15.8. The number of carbonyl (C=O) groups excluding carboxylic acids is 1. The minimum absolute atomic E-state index is 0.0216. The van der Waals surface area contributed by atoms with Crippen molar-refractivity contribution in [2.24, 2.45) is 11.8 Å². The smallest absolute Gasteiger partial charge is 0.266 e. The lowest BCUT2D eigenvalue weighted by atomic mass is 9.92. The molecule has 140 valence electrons. The average molecular weight is 361 g/mol. The number of aromatic amines is 1. The number of rotatable bonds is 5. The maximum Gasteiger partial charge on any atom is 0.266 e. The van der Waals surface area contributed by atoms with Gasteiger partial charge in [-0.1, -0.05) is 26.0 Å². The number of nitrogens with zero attached hydrogens (tertiary/aromatic N) is 2. The number of halogens is 1. The molecule has 1 aliphatic heterocycles. The Kier molecular flexibility index (Phi) is 5.27. The van der Waals surface area contributed by atoms with E-state index in [2.05, 4.69) is 5.10 Å². The maximum atomic E-state index is 14.3. The lowest BCUT2D eigenvalue weighted by Crippen LogP contribution is -2.42. The third kappa shape index (κ3) is 3.72. The largest absolute Gasteiger partial charge is 0.396 e. The van der Waals surface area contributed by atoms with Gasteiger partial charge in [-0.3, -0.25) is 19.4 Å². The molecule has 2 aromatic rings. The maximum absolute atomic E-state index is 14.3. The van der Waals surface area contributed by atoms with Crippen LogP contribution in [0.4, 0.5) is 10.1 Å². The van der Waals surface area contributed by atoms with Crippen molar-refractivity contribution in [1.82, 2.24) is 9.78 Å². The zero-order valence-electron chi connectivity index (χ0n) is 15.0. The standard InChI is InChI=1S/C19H24FN3O3/c1-12(2)9-23-18(26)8-15(21-23)7-17(25)22-10-13(11-24)6-14-4-3-5-16(20)19(14)22/h3-5,8,12-13,21,24H,6-7,9-11H2,1-2H3. The first-order valence-electron chi connectivity index (χ1n) is 8.86. The number of fused-ring (bicyclic) bond motifs is 1. The van der Waals surface area contributed by atoms with E-state index in [1.807, 2.05) is 13.8 Å². The molecule has 0 saturated heterocycles. The van der Waals surface area contributed by atoms with Crippen molar-refractivity contribution in [3.05, 3.63) is 51.7 Å². The van der Waals surface area contributed by atoms with Gasteiger partial charge in [-0.05, 0) is 24.0 Å². The Labute approximate surface area is 151 Å². The molecule has 1 amide bonds. The highest BCUT2D eigenvalue weighted by Gasteiger charge is 2.30. The molecule has 26 heavy (non-hydrogen) atoms. The SMILES string of the molecule is CC(C)Cn1[nH]c(CC(=O)N2CC(CO)Cc3cccc(F)c32)cc1=O. The van der Waals surface area contributed by atoms with Crippen molar-refractivity contribution in [3.63, 3.8) is 0 Å². The second kappa shape index (κ2) is 7.45. The fourth-order valence-electron chi connectivity index (χ4n) is 3.44. The molecule has 3 rings (SSSR count). The van der Waals surface area contributed by atoms with Gasteiger partial charge in [0, 0.05) is 37.4 Å². The van der Waals surface area contributed by atoms with Crippen LogP contribution in [0.3, 0.4) is 0 Å². The van der Waals surface area contributed by atoms with Crippen LogP contribution in [0.15, 0.2) is 29.1 Å². The van der Waals surface area contributed by atoms with Crippen LogP contribution < -0.4 is 10.5 Å². The third-order valence-electron chi connectivity index (χ3n) is 4.58. The topological polar surface area (TPSA) is 78.3 Å².